The van der Waals surface area contributed by atoms with Crippen molar-refractivity contribution in [3.8, 4) is 10.4 Å². The van der Waals surface area contributed by atoms with Crippen LogP contribution in [0, 0.1) is 6.92 Å². The Labute approximate surface area is 221 Å². The molecule has 36 heavy (non-hydrogen) atoms. The van der Waals surface area contributed by atoms with Gasteiger partial charge in [-0.05, 0) is 55.0 Å². The third-order valence-electron chi connectivity index (χ3n) is 4.80. The van der Waals surface area contributed by atoms with Crippen LogP contribution in [-0.2, 0) is 4.79 Å². The van der Waals surface area contributed by atoms with Crippen LogP contribution >= 0.6 is 34.5 Å². The molecule has 0 saturated carbocycles. The van der Waals surface area contributed by atoms with Gasteiger partial charge in [0.2, 0.25) is 5.91 Å². The number of thiophene rings is 1. The predicted octanol–water partition coefficient (Wildman–Crippen LogP) is 3.21. The number of nitrogens with one attached hydrogen (secondary N) is 3. The molecule has 3 rings (SSSR count). The molecule has 9 nitrogen and oxygen atoms in total. The van der Waals surface area contributed by atoms with E-state index in [2.05, 4.69) is 20.9 Å². The number of aliphatic imine (C=N–C) groups is 1. The lowest BCUT2D eigenvalue weighted by atomic mass is 10.1. The zero-order valence-electron chi connectivity index (χ0n) is 19.2. The smallest absolute Gasteiger partial charge is 0.254 e. The Morgan fingerprint density at radius 1 is 0.917 bits per heavy atom. The second kappa shape index (κ2) is 12.4. The SMILES string of the molecule is Cc1ccc(-c2cc(Cl)c(C(=O)NCCNC(=O)CNC(=O)c3cccc(N=C(N)N)c3)c(Cl)c2)s1. The van der Waals surface area contributed by atoms with Gasteiger partial charge >= 0.3 is 0 Å². The van der Waals surface area contributed by atoms with Gasteiger partial charge in [0.25, 0.3) is 11.8 Å². The minimum absolute atomic E-state index is 0.131. The fraction of sp³-hybridized carbons (Fsp3) is 0.167. The summed E-state index contributed by atoms with van der Waals surface area (Å²) >= 11 is 14.3. The first kappa shape index (κ1) is 27.0. The summed E-state index contributed by atoms with van der Waals surface area (Å²) in [5.74, 6) is -1.47. The van der Waals surface area contributed by atoms with E-state index in [0.717, 1.165) is 15.3 Å². The van der Waals surface area contributed by atoms with Crippen molar-refractivity contribution in [1.82, 2.24) is 16.0 Å². The van der Waals surface area contributed by atoms with E-state index in [4.69, 9.17) is 34.7 Å². The predicted molar refractivity (Wildman–Crippen MR) is 144 cm³/mol. The minimum Gasteiger partial charge on any atom is -0.370 e. The molecule has 0 bridgehead atoms. The lowest BCUT2D eigenvalue weighted by Crippen LogP contribution is -2.40. The first-order valence-electron chi connectivity index (χ1n) is 10.7. The number of carbonyl (C=O) groups excluding carboxylic acids is 3. The van der Waals surface area contributed by atoms with Crippen molar-refractivity contribution in [2.45, 2.75) is 6.92 Å². The van der Waals surface area contributed by atoms with Gasteiger partial charge in [-0.1, -0.05) is 29.3 Å². The van der Waals surface area contributed by atoms with Gasteiger partial charge in [0.1, 0.15) is 0 Å². The van der Waals surface area contributed by atoms with Crippen LogP contribution in [0.2, 0.25) is 10.0 Å². The second-order valence-corrected chi connectivity index (χ2v) is 9.70. The quantitative estimate of drug-likeness (QED) is 0.158. The number of nitrogens with zero attached hydrogens (tertiary/aromatic N) is 1. The van der Waals surface area contributed by atoms with Crippen LogP contribution in [-0.4, -0.2) is 43.3 Å². The molecule has 7 N–H and O–H groups in total. The molecule has 0 aliphatic rings. The van der Waals surface area contributed by atoms with Crippen LogP contribution in [0.1, 0.15) is 25.6 Å². The zero-order valence-corrected chi connectivity index (χ0v) is 21.6. The Morgan fingerprint density at radius 3 is 2.25 bits per heavy atom. The normalized spacial score (nSPS) is 10.4. The largest absolute Gasteiger partial charge is 0.370 e. The summed E-state index contributed by atoms with van der Waals surface area (Å²) in [7, 11) is 0. The first-order chi connectivity index (χ1) is 17.1. The summed E-state index contributed by atoms with van der Waals surface area (Å²) in [4.78, 5) is 42.9. The molecule has 12 heteroatoms. The van der Waals surface area contributed by atoms with Crippen molar-refractivity contribution in [3.05, 3.63) is 74.6 Å². The maximum absolute atomic E-state index is 12.6. The van der Waals surface area contributed by atoms with Gasteiger partial charge in [0.05, 0.1) is 27.8 Å². The van der Waals surface area contributed by atoms with E-state index in [9.17, 15) is 14.4 Å². The fourth-order valence-electron chi connectivity index (χ4n) is 3.18. The van der Waals surface area contributed by atoms with Crippen molar-refractivity contribution in [1.29, 1.82) is 0 Å². The van der Waals surface area contributed by atoms with Crippen LogP contribution in [0.15, 0.2) is 53.5 Å². The highest BCUT2D eigenvalue weighted by Crippen LogP contribution is 2.34. The Morgan fingerprint density at radius 2 is 1.61 bits per heavy atom. The molecular formula is C24H24Cl2N6O3S. The van der Waals surface area contributed by atoms with Crippen molar-refractivity contribution in [2.75, 3.05) is 19.6 Å². The molecule has 1 aromatic heterocycles. The van der Waals surface area contributed by atoms with Crippen molar-refractivity contribution < 1.29 is 14.4 Å². The van der Waals surface area contributed by atoms with E-state index in [1.807, 2.05) is 19.1 Å². The lowest BCUT2D eigenvalue weighted by molar-refractivity contribution is -0.120. The van der Waals surface area contributed by atoms with Crippen LogP contribution in [0.5, 0.6) is 0 Å². The number of carbonyl (C=O) groups is 3. The van der Waals surface area contributed by atoms with Gasteiger partial charge in [-0.2, -0.15) is 0 Å². The standard InChI is InChI=1S/C24H24Cl2N6O3S/c1-13-5-6-19(36-13)15-10-17(25)21(18(26)11-15)23(35)30-8-7-29-20(33)12-31-22(34)14-3-2-4-16(9-14)32-24(27)28/h2-6,9-11H,7-8,12H2,1H3,(H,29,33)(H,30,35)(H,31,34)(H4,27,28,32). The van der Waals surface area contributed by atoms with Gasteiger partial charge in [-0.15, -0.1) is 11.3 Å². The minimum atomic E-state index is -0.462. The first-order valence-corrected chi connectivity index (χ1v) is 12.3. The van der Waals surface area contributed by atoms with Crippen LogP contribution in [0.25, 0.3) is 10.4 Å². The molecule has 188 valence electrons. The third-order valence-corrected chi connectivity index (χ3v) is 6.45. The van der Waals surface area contributed by atoms with E-state index in [0.29, 0.717) is 11.3 Å². The number of aryl methyl sites for hydroxylation is 1. The monoisotopic (exact) mass is 546 g/mol. The summed E-state index contributed by atoms with van der Waals surface area (Å²) in [5, 5.41) is 8.25. The summed E-state index contributed by atoms with van der Waals surface area (Å²) in [6.45, 7) is 2.03. The molecule has 0 unspecified atom stereocenters. The summed E-state index contributed by atoms with van der Waals surface area (Å²) in [6, 6.07) is 13.7. The number of amides is 3. The van der Waals surface area contributed by atoms with Crippen molar-refractivity contribution >= 4 is 63.9 Å². The maximum atomic E-state index is 12.6. The number of nitrogens with two attached hydrogens (primary N) is 2. The molecule has 0 aliphatic carbocycles. The number of hydrogen-bond acceptors (Lipinski definition) is 5. The second-order valence-electron chi connectivity index (χ2n) is 7.60. The fourth-order valence-corrected chi connectivity index (χ4v) is 4.69. The topological polar surface area (TPSA) is 152 Å². The van der Waals surface area contributed by atoms with Crippen LogP contribution in [0.4, 0.5) is 5.69 Å². The molecule has 0 radical (unpaired) electrons. The summed E-state index contributed by atoms with van der Waals surface area (Å²) in [5.41, 5.74) is 12.4. The highest BCUT2D eigenvalue weighted by Gasteiger charge is 2.17. The number of rotatable bonds is 9. The molecule has 0 spiro atoms. The number of benzene rings is 2. The number of halogens is 2. The van der Waals surface area contributed by atoms with E-state index >= 15 is 0 Å². The van der Waals surface area contributed by atoms with Gasteiger partial charge in [-0.25, -0.2) is 4.99 Å². The molecule has 0 atom stereocenters. The van der Waals surface area contributed by atoms with Gasteiger partial charge in [0, 0.05) is 28.4 Å². The van der Waals surface area contributed by atoms with E-state index < -0.39 is 17.7 Å². The Balaban J connectivity index is 1.45. The van der Waals surface area contributed by atoms with Gasteiger partial charge in [0.15, 0.2) is 5.96 Å². The average Bonchev–Trinajstić information content (AvgIpc) is 3.26. The van der Waals surface area contributed by atoms with E-state index in [1.54, 1.807) is 41.7 Å². The zero-order chi connectivity index (χ0) is 26.2. The molecule has 1 heterocycles. The van der Waals surface area contributed by atoms with Crippen molar-refractivity contribution in [2.24, 2.45) is 16.5 Å². The summed E-state index contributed by atoms with van der Waals surface area (Å²) in [6.07, 6.45) is 0. The maximum Gasteiger partial charge on any atom is 0.254 e. The number of guanidine groups is 1. The highest BCUT2D eigenvalue weighted by atomic mass is 35.5. The van der Waals surface area contributed by atoms with Gasteiger partial charge < -0.3 is 27.4 Å². The molecule has 0 fully saturated rings. The number of hydrogen-bond donors (Lipinski definition) is 5. The Hall–Kier alpha value is -3.60. The lowest BCUT2D eigenvalue weighted by Gasteiger charge is -2.11. The Bertz CT molecular complexity index is 1300. The van der Waals surface area contributed by atoms with Crippen LogP contribution in [0.3, 0.4) is 0 Å². The summed E-state index contributed by atoms with van der Waals surface area (Å²) < 4.78 is 0. The molecule has 3 aromatic rings. The third kappa shape index (κ3) is 7.45. The average molecular weight is 547 g/mol. The molecular weight excluding hydrogens is 523 g/mol. The highest BCUT2D eigenvalue weighted by molar-refractivity contribution is 7.15. The molecule has 3 amide bonds. The Kier molecular flexibility index (Phi) is 9.29. The van der Waals surface area contributed by atoms with Crippen molar-refractivity contribution in [3.63, 3.8) is 0 Å². The van der Waals surface area contributed by atoms with Gasteiger partial charge in [-0.3, -0.25) is 14.4 Å². The van der Waals surface area contributed by atoms with E-state index in [1.165, 1.54) is 6.07 Å². The molecule has 2 aromatic carbocycles. The van der Waals surface area contributed by atoms with E-state index in [-0.39, 0.29) is 41.2 Å². The van der Waals surface area contributed by atoms with Crippen LogP contribution < -0.4 is 27.4 Å². The molecule has 0 saturated heterocycles. The molecule has 0 aliphatic heterocycles.